The minimum atomic E-state index is 0.0511. The van der Waals surface area contributed by atoms with Crippen LogP contribution in [0.3, 0.4) is 0 Å². The Morgan fingerprint density at radius 2 is 1.21 bits per heavy atom. The van der Waals surface area contributed by atoms with Crippen molar-refractivity contribution in [3.8, 4) is 16.9 Å². The van der Waals surface area contributed by atoms with Gasteiger partial charge in [0.15, 0.2) is 12.5 Å². The number of hydrogen-bond donors (Lipinski definition) is 2. The average Bonchev–Trinajstić information content (AvgIpc) is 2.86. The van der Waals surface area contributed by atoms with Crippen molar-refractivity contribution in [3.05, 3.63) is 114 Å². The molecule has 4 heteroatoms. The highest BCUT2D eigenvalue weighted by molar-refractivity contribution is 5.94. The van der Waals surface area contributed by atoms with Gasteiger partial charge in [0.1, 0.15) is 5.75 Å². The lowest BCUT2D eigenvalue weighted by atomic mass is 10.00. The van der Waals surface area contributed by atoms with Gasteiger partial charge >= 0.3 is 0 Å². The third-order valence-electron chi connectivity index (χ3n) is 5.60. The maximum atomic E-state index is 11.3. The summed E-state index contributed by atoms with van der Waals surface area (Å²) >= 11 is 0. The third-order valence-corrected chi connectivity index (χ3v) is 5.60. The van der Waals surface area contributed by atoms with Crippen LogP contribution in [0.15, 0.2) is 97.1 Å². The van der Waals surface area contributed by atoms with Crippen LogP contribution >= 0.6 is 0 Å². The van der Waals surface area contributed by atoms with Gasteiger partial charge in [-0.15, -0.1) is 0 Å². The molecular weight excluding hydrogens is 408 g/mol. The Morgan fingerprint density at radius 3 is 1.76 bits per heavy atom. The lowest BCUT2D eigenvalue weighted by molar-refractivity contribution is 0.101. The second-order valence-electron chi connectivity index (χ2n) is 7.94. The number of ketones is 1. The Hall–Kier alpha value is -4.05. The van der Waals surface area contributed by atoms with Crippen molar-refractivity contribution < 1.29 is 9.53 Å². The predicted octanol–water partition coefficient (Wildman–Crippen LogP) is 6.64. The van der Waals surface area contributed by atoms with Crippen molar-refractivity contribution in [2.45, 2.75) is 13.3 Å². The number of Topliss-reactive ketones (excluding diaryl/α,β-unsaturated/α-hetero) is 1. The van der Waals surface area contributed by atoms with Crippen molar-refractivity contribution in [3.63, 3.8) is 0 Å². The quantitative estimate of drug-likeness (QED) is 0.228. The van der Waals surface area contributed by atoms with Gasteiger partial charge in [-0.05, 0) is 84.1 Å². The molecule has 0 aliphatic rings. The standard InChI is InChI=1S/C29H28N2O2/c1-21(32)24-11-17-29(18-12-24)33-20-31-28-13-5-23(6-14-28)19-22-3-7-25(8-4-22)26-9-15-27(30-2)16-10-26/h3-18,30-31H,19-20H2,1-2H3. The van der Waals surface area contributed by atoms with Crippen molar-refractivity contribution in [1.29, 1.82) is 0 Å². The number of anilines is 2. The number of carbonyl (C=O) groups excluding carboxylic acids is 1. The summed E-state index contributed by atoms with van der Waals surface area (Å²) < 4.78 is 5.71. The third kappa shape index (κ3) is 6.01. The van der Waals surface area contributed by atoms with E-state index in [-0.39, 0.29) is 5.78 Å². The van der Waals surface area contributed by atoms with E-state index in [1.807, 2.05) is 19.2 Å². The van der Waals surface area contributed by atoms with Gasteiger partial charge in [0.2, 0.25) is 0 Å². The minimum absolute atomic E-state index is 0.0511. The highest BCUT2D eigenvalue weighted by Crippen LogP contribution is 2.23. The Labute approximate surface area is 195 Å². The Kier molecular flexibility index (Phi) is 7.06. The maximum Gasteiger partial charge on any atom is 0.159 e. The van der Waals surface area contributed by atoms with E-state index >= 15 is 0 Å². The largest absolute Gasteiger partial charge is 0.473 e. The normalized spacial score (nSPS) is 10.5. The zero-order chi connectivity index (χ0) is 23.0. The topological polar surface area (TPSA) is 50.4 Å². The summed E-state index contributed by atoms with van der Waals surface area (Å²) in [6.07, 6.45) is 0.887. The molecule has 0 saturated carbocycles. The number of hydrogen-bond acceptors (Lipinski definition) is 4. The summed E-state index contributed by atoms with van der Waals surface area (Å²) in [6, 6.07) is 32.8. The van der Waals surface area contributed by atoms with Gasteiger partial charge in [-0.25, -0.2) is 0 Å². The number of rotatable bonds is 9. The first-order chi connectivity index (χ1) is 16.1. The van der Waals surface area contributed by atoms with Gasteiger partial charge in [-0.3, -0.25) is 4.79 Å². The van der Waals surface area contributed by atoms with Gasteiger partial charge in [0.05, 0.1) is 0 Å². The lowest BCUT2D eigenvalue weighted by Crippen LogP contribution is -2.08. The number of nitrogens with one attached hydrogen (secondary N) is 2. The predicted molar refractivity (Wildman–Crippen MR) is 136 cm³/mol. The molecule has 0 aliphatic carbocycles. The molecule has 0 unspecified atom stereocenters. The zero-order valence-corrected chi connectivity index (χ0v) is 19.0. The molecule has 0 heterocycles. The summed E-state index contributed by atoms with van der Waals surface area (Å²) in [6.45, 7) is 1.91. The first-order valence-corrected chi connectivity index (χ1v) is 11.0. The van der Waals surface area contributed by atoms with Crippen molar-refractivity contribution in [1.82, 2.24) is 0 Å². The van der Waals surface area contributed by atoms with Crippen LogP contribution in [0.2, 0.25) is 0 Å². The molecular formula is C29H28N2O2. The van der Waals surface area contributed by atoms with Crippen molar-refractivity contribution >= 4 is 17.2 Å². The lowest BCUT2D eigenvalue weighted by Gasteiger charge is -2.10. The molecule has 0 amide bonds. The van der Waals surface area contributed by atoms with Gasteiger partial charge in [0, 0.05) is 24.0 Å². The van der Waals surface area contributed by atoms with Crippen molar-refractivity contribution in [2.75, 3.05) is 24.4 Å². The molecule has 4 aromatic rings. The fourth-order valence-electron chi connectivity index (χ4n) is 3.61. The maximum absolute atomic E-state index is 11.3. The summed E-state index contributed by atoms with van der Waals surface area (Å²) in [7, 11) is 1.93. The number of carbonyl (C=O) groups is 1. The Morgan fingerprint density at radius 1 is 0.697 bits per heavy atom. The van der Waals surface area contributed by atoms with Crippen LogP contribution in [0.1, 0.15) is 28.4 Å². The fraction of sp³-hybridized carbons (Fsp3) is 0.138. The van der Waals surface area contributed by atoms with E-state index in [0.29, 0.717) is 12.3 Å². The zero-order valence-electron chi connectivity index (χ0n) is 19.0. The highest BCUT2D eigenvalue weighted by atomic mass is 16.5. The smallest absolute Gasteiger partial charge is 0.159 e. The first-order valence-electron chi connectivity index (χ1n) is 11.0. The van der Waals surface area contributed by atoms with E-state index in [4.69, 9.17) is 4.74 Å². The molecule has 2 N–H and O–H groups in total. The van der Waals surface area contributed by atoms with Gasteiger partial charge < -0.3 is 15.4 Å². The summed E-state index contributed by atoms with van der Waals surface area (Å²) in [5.74, 6) is 0.778. The molecule has 33 heavy (non-hydrogen) atoms. The molecule has 0 saturated heterocycles. The monoisotopic (exact) mass is 436 g/mol. The van der Waals surface area contributed by atoms with E-state index in [9.17, 15) is 4.79 Å². The van der Waals surface area contributed by atoms with Crippen molar-refractivity contribution in [2.24, 2.45) is 0 Å². The molecule has 166 valence electrons. The molecule has 0 spiro atoms. The highest BCUT2D eigenvalue weighted by Gasteiger charge is 2.02. The first kappa shape index (κ1) is 22.2. The molecule has 4 aromatic carbocycles. The SMILES string of the molecule is CNc1ccc(-c2ccc(Cc3ccc(NCOc4ccc(C(C)=O)cc4)cc3)cc2)cc1. The van der Waals surface area contributed by atoms with E-state index in [0.717, 1.165) is 23.5 Å². The Balaban J connectivity index is 1.28. The Bertz CT molecular complexity index is 1180. The second-order valence-corrected chi connectivity index (χ2v) is 7.94. The van der Waals surface area contributed by atoms with Crippen LogP contribution < -0.4 is 15.4 Å². The number of benzene rings is 4. The van der Waals surface area contributed by atoms with Crippen LogP contribution in [-0.2, 0) is 6.42 Å². The van der Waals surface area contributed by atoms with Crippen LogP contribution in [0.25, 0.3) is 11.1 Å². The molecule has 0 radical (unpaired) electrons. The van der Waals surface area contributed by atoms with Gasteiger partial charge in [0.25, 0.3) is 0 Å². The summed E-state index contributed by atoms with van der Waals surface area (Å²) in [5, 5.41) is 6.41. The van der Waals surface area contributed by atoms with Crippen LogP contribution in [-0.4, -0.2) is 19.6 Å². The molecule has 0 atom stereocenters. The van der Waals surface area contributed by atoms with Gasteiger partial charge in [-0.1, -0.05) is 48.5 Å². The molecule has 0 fully saturated rings. The minimum Gasteiger partial charge on any atom is -0.473 e. The van der Waals surface area contributed by atoms with E-state index in [1.165, 1.54) is 22.3 Å². The molecule has 0 aliphatic heterocycles. The number of ether oxygens (including phenoxy) is 1. The van der Waals surface area contributed by atoms with E-state index in [2.05, 4.69) is 83.4 Å². The molecule has 4 nitrogen and oxygen atoms in total. The van der Waals surface area contributed by atoms with Crippen LogP contribution in [0, 0.1) is 0 Å². The summed E-state index contributed by atoms with van der Waals surface area (Å²) in [5.41, 5.74) is 7.77. The van der Waals surface area contributed by atoms with E-state index in [1.54, 1.807) is 19.1 Å². The molecule has 4 rings (SSSR count). The molecule has 0 bridgehead atoms. The van der Waals surface area contributed by atoms with Crippen LogP contribution in [0.4, 0.5) is 11.4 Å². The van der Waals surface area contributed by atoms with Gasteiger partial charge in [-0.2, -0.15) is 0 Å². The van der Waals surface area contributed by atoms with Crippen LogP contribution in [0.5, 0.6) is 5.75 Å². The second kappa shape index (κ2) is 10.5. The summed E-state index contributed by atoms with van der Waals surface area (Å²) in [4.78, 5) is 11.3. The van der Waals surface area contributed by atoms with E-state index < -0.39 is 0 Å². The molecule has 0 aromatic heterocycles. The average molecular weight is 437 g/mol. The fourth-order valence-corrected chi connectivity index (χ4v) is 3.61.